The fraction of sp³-hybridized carbons (Fsp3) is 0.450. The average molecular weight is 417 g/mol. The largest absolute Gasteiger partial charge is 0.379 e. The maximum atomic E-state index is 12.2. The number of carbonyl (C=O) groups excluding carboxylic acids is 1. The molecule has 0 radical (unpaired) electrons. The van der Waals surface area contributed by atoms with Crippen LogP contribution in [0.15, 0.2) is 47.0 Å². The molecule has 1 aliphatic heterocycles. The number of thiophene rings is 1. The molecule has 2 aromatic rings. The van der Waals surface area contributed by atoms with E-state index in [1.807, 2.05) is 6.92 Å². The molecule has 1 aliphatic rings. The number of guanidine groups is 1. The minimum absolute atomic E-state index is 0.0332. The Hall–Kier alpha value is -2.49. The van der Waals surface area contributed by atoms with E-state index in [1.54, 1.807) is 35.9 Å². The van der Waals surface area contributed by atoms with Crippen molar-refractivity contribution in [2.45, 2.75) is 13.0 Å². The minimum atomic E-state index is -0.182. The predicted molar refractivity (Wildman–Crippen MR) is 116 cm³/mol. The van der Waals surface area contributed by atoms with Gasteiger partial charge in [0.05, 0.1) is 31.1 Å². The topological polar surface area (TPSA) is 90.9 Å². The number of pyridine rings is 1. The average Bonchev–Trinajstić information content (AvgIpc) is 3.28. The number of hydrogen-bond acceptors (Lipinski definition) is 6. The Morgan fingerprint density at radius 2 is 2.17 bits per heavy atom. The first-order valence-corrected chi connectivity index (χ1v) is 10.7. The summed E-state index contributed by atoms with van der Waals surface area (Å²) in [6.45, 7) is 6.79. The third kappa shape index (κ3) is 6.81. The first kappa shape index (κ1) is 21.2. The van der Waals surface area contributed by atoms with Crippen LogP contribution in [0.5, 0.6) is 0 Å². The summed E-state index contributed by atoms with van der Waals surface area (Å²) in [7, 11) is 0. The van der Waals surface area contributed by atoms with Crippen LogP contribution in [-0.2, 0) is 9.53 Å². The number of aromatic nitrogens is 1. The molecule has 156 valence electrons. The van der Waals surface area contributed by atoms with Gasteiger partial charge in [-0.25, -0.2) is 4.99 Å². The molecule has 3 rings (SSSR count). The number of anilines is 1. The van der Waals surface area contributed by atoms with Crippen molar-refractivity contribution in [3.63, 3.8) is 0 Å². The van der Waals surface area contributed by atoms with Crippen molar-refractivity contribution in [2.24, 2.45) is 4.99 Å². The van der Waals surface area contributed by atoms with E-state index < -0.39 is 0 Å². The quantitative estimate of drug-likeness (QED) is 0.448. The van der Waals surface area contributed by atoms with Crippen LogP contribution in [0.2, 0.25) is 0 Å². The zero-order valence-corrected chi connectivity index (χ0v) is 17.5. The van der Waals surface area contributed by atoms with Gasteiger partial charge in [-0.05, 0) is 30.5 Å². The fourth-order valence-corrected chi connectivity index (χ4v) is 3.96. The Morgan fingerprint density at radius 3 is 2.86 bits per heavy atom. The van der Waals surface area contributed by atoms with Gasteiger partial charge in [0.15, 0.2) is 5.96 Å². The second-order valence-electron chi connectivity index (χ2n) is 6.55. The highest BCUT2D eigenvalue weighted by Crippen LogP contribution is 2.25. The van der Waals surface area contributed by atoms with Gasteiger partial charge in [-0.2, -0.15) is 0 Å². The van der Waals surface area contributed by atoms with E-state index >= 15 is 0 Å². The van der Waals surface area contributed by atoms with Crippen molar-refractivity contribution in [2.75, 3.05) is 51.3 Å². The van der Waals surface area contributed by atoms with Crippen molar-refractivity contribution in [3.05, 3.63) is 46.9 Å². The molecule has 3 N–H and O–H groups in total. The second kappa shape index (κ2) is 11.5. The molecule has 2 aromatic heterocycles. The molecular weight excluding hydrogens is 388 g/mol. The number of rotatable bonds is 8. The van der Waals surface area contributed by atoms with E-state index in [4.69, 9.17) is 4.74 Å². The SMILES string of the molecule is CCNC(=NCC(=O)Nc1cccnc1)NCC(c1cccs1)N1CCOCC1. The van der Waals surface area contributed by atoms with E-state index in [-0.39, 0.29) is 18.5 Å². The number of aliphatic imine (C=N–C) groups is 1. The van der Waals surface area contributed by atoms with Gasteiger partial charge in [0, 0.05) is 37.3 Å². The van der Waals surface area contributed by atoms with Gasteiger partial charge in [-0.3, -0.25) is 14.7 Å². The number of hydrogen-bond donors (Lipinski definition) is 3. The maximum absolute atomic E-state index is 12.2. The van der Waals surface area contributed by atoms with Crippen molar-refractivity contribution >= 4 is 28.9 Å². The van der Waals surface area contributed by atoms with Gasteiger partial charge in [0.2, 0.25) is 5.91 Å². The summed E-state index contributed by atoms with van der Waals surface area (Å²) in [5, 5.41) is 11.5. The van der Waals surface area contributed by atoms with Crippen LogP contribution in [0.1, 0.15) is 17.8 Å². The normalized spacial score (nSPS) is 16.2. The number of ether oxygens (including phenoxy) is 1. The fourth-order valence-electron chi connectivity index (χ4n) is 3.10. The molecule has 0 bridgehead atoms. The third-order valence-electron chi connectivity index (χ3n) is 4.49. The Kier molecular flexibility index (Phi) is 8.41. The van der Waals surface area contributed by atoms with Gasteiger partial charge in [0.1, 0.15) is 6.54 Å². The molecule has 9 heteroatoms. The predicted octanol–water partition coefficient (Wildman–Crippen LogP) is 1.71. The molecule has 0 spiro atoms. The van der Waals surface area contributed by atoms with Crippen molar-refractivity contribution in [3.8, 4) is 0 Å². The summed E-state index contributed by atoms with van der Waals surface area (Å²) in [6.07, 6.45) is 3.28. The first-order chi connectivity index (χ1) is 14.3. The molecule has 1 unspecified atom stereocenters. The summed E-state index contributed by atoms with van der Waals surface area (Å²) in [5.74, 6) is 0.446. The number of carbonyl (C=O) groups is 1. The van der Waals surface area contributed by atoms with E-state index in [9.17, 15) is 4.79 Å². The van der Waals surface area contributed by atoms with Gasteiger partial charge < -0.3 is 20.7 Å². The molecule has 8 nitrogen and oxygen atoms in total. The van der Waals surface area contributed by atoms with Crippen molar-refractivity contribution in [1.82, 2.24) is 20.5 Å². The van der Waals surface area contributed by atoms with E-state index in [2.05, 4.69) is 48.3 Å². The maximum Gasteiger partial charge on any atom is 0.246 e. The molecule has 1 fully saturated rings. The molecule has 0 aliphatic carbocycles. The zero-order valence-electron chi connectivity index (χ0n) is 16.6. The molecule has 1 atom stereocenters. The molecule has 0 aromatic carbocycles. The van der Waals surface area contributed by atoms with Gasteiger partial charge >= 0.3 is 0 Å². The van der Waals surface area contributed by atoms with Crippen LogP contribution in [0.4, 0.5) is 5.69 Å². The first-order valence-electron chi connectivity index (χ1n) is 9.83. The summed E-state index contributed by atoms with van der Waals surface area (Å²) in [5.41, 5.74) is 0.663. The Bertz CT molecular complexity index is 763. The standard InChI is InChI=1S/C20H28N6O2S/c1-2-22-20(24-15-19(27)25-16-5-3-7-21-13-16)23-14-17(18-6-4-12-29-18)26-8-10-28-11-9-26/h3-7,12-13,17H,2,8-11,14-15H2,1H3,(H,25,27)(H2,22,23,24). The van der Waals surface area contributed by atoms with Crippen LogP contribution in [0.3, 0.4) is 0 Å². The number of morpholine rings is 1. The highest BCUT2D eigenvalue weighted by atomic mass is 32.1. The van der Waals surface area contributed by atoms with Gasteiger partial charge in [-0.15, -0.1) is 11.3 Å². The lowest BCUT2D eigenvalue weighted by Gasteiger charge is -2.34. The number of nitrogens with zero attached hydrogens (tertiary/aromatic N) is 3. The van der Waals surface area contributed by atoms with Gasteiger partial charge in [0.25, 0.3) is 0 Å². The van der Waals surface area contributed by atoms with Crippen LogP contribution in [-0.4, -0.2) is 67.7 Å². The Labute approximate surface area is 175 Å². The number of nitrogens with one attached hydrogen (secondary N) is 3. The monoisotopic (exact) mass is 416 g/mol. The molecule has 3 heterocycles. The highest BCUT2D eigenvalue weighted by molar-refractivity contribution is 7.10. The van der Waals surface area contributed by atoms with E-state index in [0.29, 0.717) is 18.2 Å². The van der Waals surface area contributed by atoms with Crippen LogP contribution < -0.4 is 16.0 Å². The summed E-state index contributed by atoms with van der Waals surface area (Å²) >= 11 is 1.76. The molecule has 1 amide bonds. The molecule has 0 saturated carbocycles. The highest BCUT2D eigenvalue weighted by Gasteiger charge is 2.23. The Balaban J connectivity index is 1.58. The lowest BCUT2D eigenvalue weighted by atomic mass is 10.2. The third-order valence-corrected chi connectivity index (χ3v) is 5.46. The summed E-state index contributed by atoms with van der Waals surface area (Å²) in [6, 6.07) is 8.06. The molecule has 1 saturated heterocycles. The molecular formula is C20H28N6O2S. The van der Waals surface area contributed by atoms with Gasteiger partial charge in [-0.1, -0.05) is 6.07 Å². The summed E-state index contributed by atoms with van der Waals surface area (Å²) in [4.78, 5) is 24.3. The van der Waals surface area contributed by atoms with E-state index in [0.717, 1.165) is 32.8 Å². The number of amides is 1. The minimum Gasteiger partial charge on any atom is -0.379 e. The van der Waals surface area contributed by atoms with Crippen LogP contribution >= 0.6 is 11.3 Å². The Morgan fingerprint density at radius 1 is 1.31 bits per heavy atom. The van der Waals surface area contributed by atoms with Crippen molar-refractivity contribution in [1.29, 1.82) is 0 Å². The van der Waals surface area contributed by atoms with E-state index in [1.165, 1.54) is 4.88 Å². The summed E-state index contributed by atoms with van der Waals surface area (Å²) < 4.78 is 5.50. The lowest BCUT2D eigenvalue weighted by molar-refractivity contribution is -0.114. The van der Waals surface area contributed by atoms with Crippen LogP contribution in [0.25, 0.3) is 0 Å². The van der Waals surface area contributed by atoms with Crippen molar-refractivity contribution < 1.29 is 9.53 Å². The lowest BCUT2D eigenvalue weighted by Crippen LogP contribution is -2.46. The zero-order chi connectivity index (χ0) is 20.3. The second-order valence-corrected chi connectivity index (χ2v) is 7.52. The smallest absolute Gasteiger partial charge is 0.246 e. The molecule has 29 heavy (non-hydrogen) atoms. The van der Waals surface area contributed by atoms with Crippen LogP contribution in [0, 0.1) is 0 Å².